The molecule has 0 atom stereocenters. The molecule has 0 radical (unpaired) electrons. The van der Waals surface area contributed by atoms with Gasteiger partial charge in [-0.25, -0.2) is 4.68 Å². The van der Waals surface area contributed by atoms with Crippen molar-refractivity contribution >= 4 is 29.2 Å². The minimum Gasteiger partial charge on any atom is -0.306 e. The van der Waals surface area contributed by atoms with Crippen molar-refractivity contribution in [2.75, 3.05) is 5.32 Å². The number of carbonyl (C=O) groups is 1. The van der Waals surface area contributed by atoms with E-state index in [9.17, 15) is 14.9 Å². The third kappa shape index (κ3) is 3.27. The fraction of sp³-hybridized carbons (Fsp3) is 0.200. The molecule has 1 aliphatic rings. The summed E-state index contributed by atoms with van der Waals surface area (Å²) < 4.78 is 1.66. The Bertz CT molecular complexity index is 1090. The summed E-state index contributed by atoms with van der Waals surface area (Å²) in [7, 11) is 0. The lowest BCUT2D eigenvalue weighted by Crippen LogP contribution is -2.16. The highest BCUT2D eigenvalue weighted by molar-refractivity contribution is 7.98. The molecule has 1 aromatic heterocycles. The van der Waals surface area contributed by atoms with Crippen LogP contribution in [0.15, 0.2) is 42.5 Å². The number of hydrogen-bond donors (Lipinski definition) is 1. The summed E-state index contributed by atoms with van der Waals surface area (Å²) in [6.07, 6.45) is 0. The smallest absolute Gasteiger partial charge is 0.269 e. The van der Waals surface area contributed by atoms with Gasteiger partial charge in [-0.1, -0.05) is 6.07 Å². The third-order valence-corrected chi connectivity index (χ3v) is 5.83. The second-order valence-electron chi connectivity index (χ2n) is 6.71. The molecule has 0 fully saturated rings. The fourth-order valence-electron chi connectivity index (χ4n) is 3.11. The van der Waals surface area contributed by atoms with Crippen LogP contribution in [0.3, 0.4) is 0 Å². The number of amides is 1. The number of aryl methyl sites for hydroxylation is 2. The van der Waals surface area contributed by atoms with Crippen LogP contribution in [0.1, 0.15) is 32.7 Å². The number of anilines is 1. The molecule has 0 saturated heterocycles. The number of nitrogens with zero attached hydrogens (tertiary/aromatic N) is 3. The zero-order valence-corrected chi connectivity index (χ0v) is 16.2. The molecule has 4 rings (SSSR count). The number of hydrogen-bond acceptors (Lipinski definition) is 5. The van der Waals surface area contributed by atoms with E-state index in [4.69, 9.17) is 0 Å². The average molecular weight is 394 g/mol. The van der Waals surface area contributed by atoms with E-state index in [0.29, 0.717) is 17.1 Å². The number of fused-ring (bicyclic) bond motifs is 1. The summed E-state index contributed by atoms with van der Waals surface area (Å²) in [5.74, 6) is 1.97. The number of rotatable bonds is 4. The highest BCUT2D eigenvalue weighted by atomic mass is 32.2. The van der Waals surface area contributed by atoms with Crippen molar-refractivity contribution in [1.29, 1.82) is 0 Å². The number of non-ortho nitro benzene ring substituents is 1. The summed E-state index contributed by atoms with van der Waals surface area (Å²) in [5.41, 5.74) is 5.38. The van der Waals surface area contributed by atoms with Crippen LogP contribution < -0.4 is 5.32 Å². The van der Waals surface area contributed by atoms with Gasteiger partial charge in [-0.05, 0) is 49.2 Å². The lowest BCUT2D eigenvalue weighted by Gasteiger charge is -2.12. The van der Waals surface area contributed by atoms with Gasteiger partial charge < -0.3 is 5.32 Å². The Balaban J connectivity index is 1.71. The predicted molar refractivity (Wildman–Crippen MR) is 109 cm³/mol. The van der Waals surface area contributed by atoms with Crippen molar-refractivity contribution in [2.45, 2.75) is 25.4 Å². The number of thioether (sulfide) groups is 1. The molecule has 28 heavy (non-hydrogen) atoms. The van der Waals surface area contributed by atoms with E-state index in [1.165, 1.54) is 12.1 Å². The van der Waals surface area contributed by atoms with Crippen LogP contribution in [0.4, 0.5) is 11.5 Å². The van der Waals surface area contributed by atoms with Gasteiger partial charge in [0, 0.05) is 34.8 Å². The molecule has 7 nitrogen and oxygen atoms in total. The van der Waals surface area contributed by atoms with Crippen molar-refractivity contribution in [2.24, 2.45) is 0 Å². The highest BCUT2D eigenvalue weighted by Crippen LogP contribution is 2.36. The number of nitrogens with one attached hydrogen (secondary N) is 1. The Hall–Kier alpha value is -3.13. The lowest BCUT2D eigenvalue weighted by atomic mass is 10.1. The number of nitro benzene ring substituents is 1. The van der Waals surface area contributed by atoms with Gasteiger partial charge in [-0.2, -0.15) is 16.9 Å². The molecule has 8 heteroatoms. The van der Waals surface area contributed by atoms with Crippen LogP contribution in [-0.2, 0) is 11.5 Å². The quantitative estimate of drug-likeness (QED) is 0.523. The number of nitro groups is 1. The van der Waals surface area contributed by atoms with Gasteiger partial charge in [-0.15, -0.1) is 0 Å². The molecule has 0 unspecified atom stereocenters. The van der Waals surface area contributed by atoms with E-state index in [-0.39, 0.29) is 11.6 Å². The largest absolute Gasteiger partial charge is 0.306 e. The molecule has 2 heterocycles. The maximum atomic E-state index is 12.9. The van der Waals surface area contributed by atoms with E-state index in [2.05, 4.69) is 10.4 Å². The van der Waals surface area contributed by atoms with Gasteiger partial charge >= 0.3 is 0 Å². The van der Waals surface area contributed by atoms with E-state index in [0.717, 1.165) is 33.9 Å². The molecular formula is C20H18N4O3S. The Morgan fingerprint density at radius 3 is 2.57 bits per heavy atom. The van der Waals surface area contributed by atoms with Crippen LogP contribution in [0.25, 0.3) is 5.69 Å². The van der Waals surface area contributed by atoms with Crippen LogP contribution in [0, 0.1) is 24.0 Å². The minimum atomic E-state index is -0.439. The Labute approximate surface area is 165 Å². The van der Waals surface area contributed by atoms with Gasteiger partial charge in [0.1, 0.15) is 5.82 Å². The normalized spacial score (nSPS) is 12.6. The van der Waals surface area contributed by atoms with Crippen molar-refractivity contribution in [3.63, 3.8) is 0 Å². The van der Waals surface area contributed by atoms with E-state index in [1.54, 1.807) is 34.6 Å². The minimum absolute atomic E-state index is 0.0136. The highest BCUT2D eigenvalue weighted by Gasteiger charge is 2.25. The summed E-state index contributed by atoms with van der Waals surface area (Å²) in [6, 6.07) is 11.7. The fourth-order valence-corrected chi connectivity index (χ4v) is 4.14. The number of carbonyl (C=O) groups excluding carboxylic acids is 1. The maximum absolute atomic E-state index is 12.9. The first-order valence-electron chi connectivity index (χ1n) is 8.76. The van der Waals surface area contributed by atoms with Crippen LogP contribution in [0.5, 0.6) is 0 Å². The molecule has 0 saturated carbocycles. The van der Waals surface area contributed by atoms with Crippen LogP contribution in [0.2, 0.25) is 0 Å². The second-order valence-corrected chi connectivity index (χ2v) is 7.69. The zero-order valence-electron chi connectivity index (χ0n) is 15.4. The van der Waals surface area contributed by atoms with Gasteiger partial charge in [-0.3, -0.25) is 14.9 Å². The molecule has 1 amide bonds. The SMILES string of the molecule is Cc1ccc(C(=O)Nc2c3c(nn2-c2ccc([N+](=O)[O-])cc2)CSC3)cc1C. The Morgan fingerprint density at radius 2 is 1.89 bits per heavy atom. The van der Waals surface area contributed by atoms with Gasteiger partial charge in [0.25, 0.3) is 11.6 Å². The standard InChI is InChI=1S/C20H18N4O3S/c1-12-3-4-14(9-13(12)2)20(25)21-19-17-10-28-11-18(17)22-23(19)15-5-7-16(8-6-15)24(26)27/h3-9H,10-11H2,1-2H3,(H,21,25). The van der Waals surface area contributed by atoms with Crippen molar-refractivity contribution in [3.8, 4) is 5.69 Å². The maximum Gasteiger partial charge on any atom is 0.269 e. The number of aromatic nitrogens is 2. The van der Waals surface area contributed by atoms with E-state index >= 15 is 0 Å². The molecular weight excluding hydrogens is 376 g/mol. The number of benzene rings is 2. The predicted octanol–water partition coefficient (Wildman–Crippen LogP) is 4.40. The van der Waals surface area contributed by atoms with Crippen LogP contribution in [-0.4, -0.2) is 20.6 Å². The first-order chi connectivity index (χ1) is 13.4. The van der Waals surface area contributed by atoms with Crippen molar-refractivity contribution in [3.05, 3.63) is 80.5 Å². The van der Waals surface area contributed by atoms with Gasteiger partial charge in [0.15, 0.2) is 0 Å². The molecule has 0 spiro atoms. The monoisotopic (exact) mass is 394 g/mol. The topological polar surface area (TPSA) is 90.1 Å². The molecule has 1 N–H and O–H groups in total. The molecule has 2 aromatic carbocycles. The van der Waals surface area contributed by atoms with E-state index in [1.807, 2.05) is 26.0 Å². The summed E-state index contributed by atoms with van der Waals surface area (Å²) in [5, 5.41) is 18.5. The van der Waals surface area contributed by atoms with Crippen molar-refractivity contribution in [1.82, 2.24) is 9.78 Å². The summed E-state index contributed by atoms with van der Waals surface area (Å²) in [6.45, 7) is 3.98. The molecule has 0 aliphatic carbocycles. The second kappa shape index (κ2) is 7.12. The van der Waals surface area contributed by atoms with Gasteiger partial charge in [0.05, 0.1) is 16.3 Å². The van der Waals surface area contributed by atoms with Gasteiger partial charge in [0.2, 0.25) is 0 Å². The first-order valence-corrected chi connectivity index (χ1v) is 9.91. The Morgan fingerprint density at radius 1 is 1.14 bits per heavy atom. The third-order valence-electron chi connectivity index (χ3n) is 4.86. The van der Waals surface area contributed by atoms with Crippen LogP contribution >= 0.6 is 11.8 Å². The molecule has 1 aliphatic heterocycles. The first kappa shape index (κ1) is 18.2. The molecule has 142 valence electrons. The average Bonchev–Trinajstić information content (AvgIpc) is 3.26. The van der Waals surface area contributed by atoms with Crippen molar-refractivity contribution < 1.29 is 9.72 Å². The Kier molecular flexibility index (Phi) is 4.64. The zero-order chi connectivity index (χ0) is 19.8. The van der Waals surface area contributed by atoms with E-state index < -0.39 is 4.92 Å². The summed E-state index contributed by atoms with van der Waals surface area (Å²) in [4.78, 5) is 23.3. The molecule has 3 aromatic rings. The molecule has 0 bridgehead atoms. The lowest BCUT2D eigenvalue weighted by molar-refractivity contribution is -0.384. The summed E-state index contributed by atoms with van der Waals surface area (Å²) >= 11 is 1.74.